The van der Waals surface area contributed by atoms with Gasteiger partial charge in [-0.3, -0.25) is 14.5 Å². The van der Waals surface area contributed by atoms with Crippen LogP contribution in [0.15, 0.2) is 35.2 Å². The molecule has 0 aliphatic carbocycles. The van der Waals surface area contributed by atoms with E-state index in [1.54, 1.807) is 0 Å². The number of esters is 1. The molecule has 1 amide bonds. The molecule has 0 radical (unpaired) electrons. The van der Waals surface area contributed by atoms with E-state index in [-0.39, 0.29) is 17.6 Å². The van der Waals surface area contributed by atoms with Gasteiger partial charge >= 0.3 is 5.97 Å². The fourth-order valence-electron chi connectivity index (χ4n) is 1.88. The minimum Gasteiger partial charge on any atom is -0.469 e. The van der Waals surface area contributed by atoms with Crippen LogP contribution >= 0.6 is 24.0 Å². The lowest BCUT2D eigenvalue weighted by molar-refractivity contribution is -0.140. The Hall–Kier alpha value is -1.66. The molecular weight excluding hydrogens is 306 g/mol. The highest BCUT2D eigenvalue weighted by Gasteiger charge is 2.31. The molecular formula is C15H15NO3S2. The molecule has 1 aliphatic heterocycles. The lowest BCUT2D eigenvalue weighted by Crippen LogP contribution is -2.28. The molecule has 1 saturated heterocycles. The number of thiocarbonyl (C=S) groups is 1. The number of carbonyl (C=O) groups excluding carboxylic acids is 2. The zero-order valence-corrected chi connectivity index (χ0v) is 13.2. The maximum atomic E-state index is 12.0. The summed E-state index contributed by atoms with van der Waals surface area (Å²) < 4.78 is 4.58. The Kier molecular flexibility index (Phi) is 5.52. The predicted molar refractivity (Wildman–Crippen MR) is 88.0 cm³/mol. The molecule has 2 rings (SSSR count). The van der Waals surface area contributed by atoms with Gasteiger partial charge in [0.25, 0.3) is 5.24 Å². The monoisotopic (exact) mass is 321 g/mol. The van der Waals surface area contributed by atoms with Crippen LogP contribution in [-0.2, 0) is 9.53 Å². The van der Waals surface area contributed by atoms with Crippen molar-refractivity contribution < 1.29 is 14.3 Å². The molecule has 110 valence electrons. The second-order valence-electron chi connectivity index (χ2n) is 4.42. The molecule has 1 heterocycles. The van der Waals surface area contributed by atoms with Gasteiger partial charge in [-0.2, -0.15) is 0 Å². The number of thioether (sulfide) groups is 1. The molecule has 0 saturated carbocycles. The first-order chi connectivity index (χ1) is 10.1. The maximum absolute atomic E-state index is 12.0. The molecule has 0 spiro atoms. The van der Waals surface area contributed by atoms with Gasteiger partial charge in [0.1, 0.15) is 4.99 Å². The third-order valence-corrected chi connectivity index (χ3v) is 4.46. The standard InChI is InChI=1S/C15H15NO3S2/c1-19-13(17)8-5-9-16-14(20)12(21-15(16)18)10-11-6-3-2-4-7-11/h2-4,6-7,10H,5,8-9H2,1H3. The summed E-state index contributed by atoms with van der Waals surface area (Å²) in [4.78, 5) is 25.9. The van der Waals surface area contributed by atoms with Gasteiger partial charge in [-0.15, -0.1) is 0 Å². The highest BCUT2D eigenvalue weighted by atomic mass is 32.2. The lowest BCUT2D eigenvalue weighted by Gasteiger charge is -2.13. The van der Waals surface area contributed by atoms with Crippen LogP contribution in [0.3, 0.4) is 0 Å². The van der Waals surface area contributed by atoms with E-state index in [1.807, 2.05) is 36.4 Å². The number of rotatable bonds is 5. The van der Waals surface area contributed by atoms with Gasteiger partial charge in [-0.05, 0) is 29.8 Å². The van der Waals surface area contributed by atoms with E-state index >= 15 is 0 Å². The third-order valence-electron chi connectivity index (χ3n) is 2.96. The van der Waals surface area contributed by atoms with Crippen LogP contribution in [0.2, 0.25) is 0 Å². The normalized spacial score (nSPS) is 16.6. The van der Waals surface area contributed by atoms with Gasteiger partial charge < -0.3 is 4.74 Å². The Balaban J connectivity index is 2.00. The molecule has 0 unspecified atom stereocenters. The predicted octanol–water partition coefficient (Wildman–Crippen LogP) is 3.48. The van der Waals surface area contributed by atoms with Gasteiger partial charge in [0.05, 0.1) is 12.0 Å². The van der Waals surface area contributed by atoms with E-state index in [2.05, 4.69) is 4.74 Å². The van der Waals surface area contributed by atoms with Crippen molar-refractivity contribution in [1.82, 2.24) is 4.90 Å². The van der Waals surface area contributed by atoms with Crippen molar-refractivity contribution in [3.8, 4) is 0 Å². The van der Waals surface area contributed by atoms with Crippen LogP contribution < -0.4 is 0 Å². The highest BCUT2D eigenvalue weighted by molar-refractivity contribution is 8.19. The summed E-state index contributed by atoms with van der Waals surface area (Å²) >= 11 is 6.48. The number of nitrogens with zero attached hydrogens (tertiary/aromatic N) is 1. The fourth-order valence-corrected chi connectivity index (χ4v) is 3.17. The second kappa shape index (κ2) is 7.38. The summed E-state index contributed by atoms with van der Waals surface area (Å²) in [6.45, 7) is 0.436. The molecule has 6 heteroatoms. The van der Waals surface area contributed by atoms with Crippen LogP contribution in [0.4, 0.5) is 4.79 Å². The quantitative estimate of drug-likeness (QED) is 0.472. The van der Waals surface area contributed by atoms with Crippen molar-refractivity contribution in [3.63, 3.8) is 0 Å². The Morgan fingerprint density at radius 1 is 1.38 bits per heavy atom. The van der Waals surface area contributed by atoms with Crippen molar-refractivity contribution in [2.45, 2.75) is 12.8 Å². The smallest absolute Gasteiger partial charge is 0.305 e. The van der Waals surface area contributed by atoms with Crippen molar-refractivity contribution in [2.75, 3.05) is 13.7 Å². The van der Waals surface area contributed by atoms with E-state index in [4.69, 9.17) is 12.2 Å². The van der Waals surface area contributed by atoms with Crippen molar-refractivity contribution in [2.24, 2.45) is 0 Å². The first kappa shape index (κ1) is 15.7. The van der Waals surface area contributed by atoms with E-state index < -0.39 is 0 Å². The van der Waals surface area contributed by atoms with Crippen LogP contribution in [0, 0.1) is 0 Å². The topological polar surface area (TPSA) is 46.6 Å². The first-order valence-corrected chi connectivity index (χ1v) is 7.71. The summed E-state index contributed by atoms with van der Waals surface area (Å²) in [6, 6.07) is 9.73. The molecule has 1 fully saturated rings. The van der Waals surface area contributed by atoms with Gasteiger partial charge in [-0.1, -0.05) is 42.5 Å². The molecule has 1 aromatic rings. The highest BCUT2D eigenvalue weighted by Crippen LogP contribution is 2.33. The number of methoxy groups -OCH3 is 1. The van der Waals surface area contributed by atoms with Crippen LogP contribution in [0.5, 0.6) is 0 Å². The molecule has 1 aromatic carbocycles. The van der Waals surface area contributed by atoms with E-state index in [0.717, 1.165) is 22.2 Å². The summed E-state index contributed by atoms with van der Waals surface area (Å²) in [5.74, 6) is -0.278. The van der Waals surface area contributed by atoms with Gasteiger partial charge in [-0.25, -0.2) is 0 Å². The van der Waals surface area contributed by atoms with Crippen LogP contribution in [-0.4, -0.2) is 34.8 Å². The third kappa shape index (κ3) is 4.15. The minimum atomic E-state index is -0.278. The van der Waals surface area contributed by atoms with Crippen molar-refractivity contribution >= 4 is 46.3 Å². The van der Waals surface area contributed by atoms with E-state index in [0.29, 0.717) is 18.0 Å². The number of benzene rings is 1. The molecule has 0 aromatic heterocycles. The average Bonchev–Trinajstić information content (AvgIpc) is 2.75. The Labute approximate surface area is 133 Å². The Bertz CT molecular complexity index is 584. The number of hydrogen-bond acceptors (Lipinski definition) is 5. The zero-order chi connectivity index (χ0) is 15.2. The van der Waals surface area contributed by atoms with Crippen molar-refractivity contribution in [3.05, 3.63) is 40.8 Å². The average molecular weight is 321 g/mol. The number of hydrogen-bond donors (Lipinski definition) is 0. The van der Waals surface area contributed by atoms with Gasteiger partial charge in [0, 0.05) is 13.0 Å². The van der Waals surface area contributed by atoms with E-state index in [1.165, 1.54) is 12.0 Å². The summed E-state index contributed by atoms with van der Waals surface area (Å²) in [5.41, 5.74) is 1.01. The zero-order valence-electron chi connectivity index (χ0n) is 11.6. The van der Waals surface area contributed by atoms with E-state index in [9.17, 15) is 9.59 Å². The molecule has 21 heavy (non-hydrogen) atoms. The summed E-state index contributed by atoms with van der Waals surface area (Å²) in [5, 5.41) is -0.0907. The lowest BCUT2D eigenvalue weighted by atomic mass is 10.2. The van der Waals surface area contributed by atoms with Crippen LogP contribution in [0.1, 0.15) is 18.4 Å². The molecule has 0 atom stereocenters. The Morgan fingerprint density at radius 2 is 2.10 bits per heavy atom. The van der Waals surface area contributed by atoms with Gasteiger partial charge in [0.2, 0.25) is 0 Å². The molecule has 0 bridgehead atoms. The molecule has 1 aliphatic rings. The number of carbonyl (C=O) groups is 2. The van der Waals surface area contributed by atoms with Gasteiger partial charge in [0.15, 0.2) is 0 Å². The van der Waals surface area contributed by atoms with Crippen LogP contribution in [0.25, 0.3) is 6.08 Å². The summed E-state index contributed by atoms with van der Waals surface area (Å²) in [6.07, 6.45) is 2.73. The second-order valence-corrected chi connectivity index (χ2v) is 5.80. The minimum absolute atomic E-state index is 0.0907. The first-order valence-electron chi connectivity index (χ1n) is 6.49. The molecule has 4 nitrogen and oxygen atoms in total. The molecule has 0 N–H and O–H groups in total. The largest absolute Gasteiger partial charge is 0.469 e. The SMILES string of the molecule is COC(=O)CCCN1C(=O)SC(=Cc2ccccc2)C1=S. The summed E-state index contributed by atoms with van der Waals surface area (Å²) in [7, 11) is 1.35. The maximum Gasteiger partial charge on any atom is 0.305 e. The Morgan fingerprint density at radius 3 is 2.76 bits per heavy atom. The number of amides is 1. The fraction of sp³-hybridized carbons (Fsp3) is 0.267. The van der Waals surface area contributed by atoms with Crippen molar-refractivity contribution in [1.29, 1.82) is 0 Å². The number of ether oxygens (including phenoxy) is 1.